The highest BCUT2D eigenvalue weighted by atomic mass is 16.6. The second-order valence-corrected chi connectivity index (χ2v) is 4.47. The van der Waals surface area contributed by atoms with Gasteiger partial charge in [-0.05, 0) is 18.2 Å². The molecular weight excluding hydrogens is 302 g/mol. The maximum absolute atomic E-state index is 11.1. The van der Waals surface area contributed by atoms with Crippen molar-refractivity contribution in [2.24, 2.45) is 0 Å². The van der Waals surface area contributed by atoms with Gasteiger partial charge in [0.25, 0.3) is 11.4 Å². The molecule has 0 unspecified atom stereocenters. The van der Waals surface area contributed by atoms with Gasteiger partial charge in [0.1, 0.15) is 18.0 Å². The van der Waals surface area contributed by atoms with Crippen LogP contribution in [0.5, 0.6) is 5.75 Å². The fourth-order valence-corrected chi connectivity index (χ4v) is 1.86. The van der Waals surface area contributed by atoms with E-state index in [1.165, 1.54) is 12.1 Å². The molecule has 0 saturated carbocycles. The zero-order valence-corrected chi connectivity index (χ0v) is 12.0. The Kier molecular flexibility index (Phi) is 4.88. The number of rotatable bonds is 7. The highest BCUT2D eigenvalue weighted by Gasteiger charge is 2.19. The Balaban J connectivity index is 2.30. The van der Waals surface area contributed by atoms with Crippen molar-refractivity contribution >= 4 is 22.7 Å². The minimum atomic E-state index is -0.680. The molecule has 0 bridgehead atoms. The van der Waals surface area contributed by atoms with Crippen LogP contribution in [0.3, 0.4) is 0 Å². The van der Waals surface area contributed by atoms with Crippen LogP contribution in [0.2, 0.25) is 0 Å². The zero-order chi connectivity index (χ0) is 16.8. The molecule has 23 heavy (non-hydrogen) atoms. The summed E-state index contributed by atoms with van der Waals surface area (Å²) in [6.45, 7) is 3.88. The van der Waals surface area contributed by atoms with E-state index in [1.807, 2.05) is 0 Å². The summed E-state index contributed by atoms with van der Waals surface area (Å²) in [7, 11) is 0. The van der Waals surface area contributed by atoms with Crippen molar-refractivity contribution < 1.29 is 14.6 Å². The van der Waals surface area contributed by atoms with Gasteiger partial charge in [-0.2, -0.15) is 0 Å². The van der Waals surface area contributed by atoms with Crippen molar-refractivity contribution in [3.63, 3.8) is 0 Å². The summed E-state index contributed by atoms with van der Waals surface area (Å²) in [4.78, 5) is 20.5. The molecule has 1 N–H and O–H groups in total. The smallest absolute Gasteiger partial charge is 0.299 e. The van der Waals surface area contributed by atoms with E-state index in [0.717, 1.165) is 6.07 Å². The molecule has 0 atom stereocenters. The summed E-state index contributed by atoms with van der Waals surface area (Å²) >= 11 is 0. The molecule has 2 rings (SSSR count). The van der Waals surface area contributed by atoms with E-state index < -0.39 is 9.85 Å². The summed E-state index contributed by atoms with van der Waals surface area (Å²) < 4.78 is 5.38. The predicted molar refractivity (Wildman–Crippen MR) is 85.2 cm³/mol. The van der Waals surface area contributed by atoms with Crippen molar-refractivity contribution in [2.75, 3.05) is 11.9 Å². The molecule has 0 fully saturated rings. The maximum Gasteiger partial charge on any atom is 0.299 e. The van der Waals surface area contributed by atoms with Gasteiger partial charge in [0, 0.05) is 17.8 Å². The molecule has 2 aromatic carbocycles. The lowest BCUT2D eigenvalue weighted by Gasteiger charge is -2.09. The monoisotopic (exact) mass is 315 g/mol. The SMILES string of the molecule is C=CCOc1cccc(Nc2ccc([N+](=O)[O-])cc2[N+](=O)[O-])c1. The van der Waals surface area contributed by atoms with Gasteiger partial charge in [0.2, 0.25) is 0 Å². The summed E-state index contributed by atoms with van der Waals surface area (Å²) in [6.07, 6.45) is 1.60. The van der Waals surface area contributed by atoms with E-state index >= 15 is 0 Å². The molecule has 0 aromatic heterocycles. The number of hydrogen-bond donors (Lipinski definition) is 1. The van der Waals surface area contributed by atoms with Gasteiger partial charge in [-0.25, -0.2) is 0 Å². The van der Waals surface area contributed by atoms with E-state index in [1.54, 1.807) is 30.3 Å². The highest BCUT2D eigenvalue weighted by molar-refractivity contribution is 5.72. The van der Waals surface area contributed by atoms with Crippen LogP contribution >= 0.6 is 0 Å². The molecule has 8 heteroatoms. The van der Waals surface area contributed by atoms with Crippen molar-refractivity contribution in [3.05, 3.63) is 75.3 Å². The van der Waals surface area contributed by atoms with Crippen LogP contribution in [0, 0.1) is 20.2 Å². The van der Waals surface area contributed by atoms with Crippen LogP contribution in [-0.2, 0) is 0 Å². The Bertz CT molecular complexity index is 761. The Morgan fingerprint density at radius 1 is 1.13 bits per heavy atom. The Morgan fingerprint density at radius 3 is 2.57 bits per heavy atom. The second-order valence-electron chi connectivity index (χ2n) is 4.47. The number of ether oxygens (including phenoxy) is 1. The summed E-state index contributed by atoms with van der Waals surface area (Å²) in [5.74, 6) is 0.569. The van der Waals surface area contributed by atoms with Gasteiger partial charge in [-0.15, -0.1) is 0 Å². The van der Waals surface area contributed by atoms with E-state index in [9.17, 15) is 20.2 Å². The number of nitro benzene ring substituents is 2. The van der Waals surface area contributed by atoms with E-state index in [-0.39, 0.29) is 17.1 Å². The number of benzene rings is 2. The third-order valence-electron chi connectivity index (χ3n) is 2.87. The van der Waals surface area contributed by atoms with Crippen LogP contribution in [-0.4, -0.2) is 16.5 Å². The summed E-state index contributed by atoms with van der Waals surface area (Å²) in [6, 6.07) is 10.2. The number of anilines is 2. The molecule has 0 amide bonds. The van der Waals surface area contributed by atoms with Crippen molar-refractivity contribution in [1.29, 1.82) is 0 Å². The standard InChI is InChI=1S/C15H13N3O5/c1-2-8-23-13-5-3-4-11(9-13)16-14-7-6-12(17(19)20)10-15(14)18(21)22/h2-7,9-10,16H,1,8H2. The lowest BCUT2D eigenvalue weighted by atomic mass is 10.2. The van der Waals surface area contributed by atoms with Gasteiger partial charge < -0.3 is 10.1 Å². The lowest BCUT2D eigenvalue weighted by molar-refractivity contribution is -0.393. The molecule has 0 aliphatic rings. The van der Waals surface area contributed by atoms with Crippen LogP contribution in [0.4, 0.5) is 22.7 Å². The van der Waals surface area contributed by atoms with E-state index in [4.69, 9.17) is 4.74 Å². The number of non-ortho nitro benzene ring substituents is 1. The first-order valence-electron chi connectivity index (χ1n) is 6.55. The highest BCUT2D eigenvalue weighted by Crippen LogP contribution is 2.32. The van der Waals surface area contributed by atoms with Crippen LogP contribution in [0.1, 0.15) is 0 Å². The molecule has 8 nitrogen and oxygen atoms in total. The van der Waals surface area contributed by atoms with Crippen molar-refractivity contribution in [2.45, 2.75) is 0 Å². The first kappa shape index (κ1) is 16.0. The first-order chi connectivity index (χ1) is 11.0. The Morgan fingerprint density at radius 2 is 1.91 bits per heavy atom. The molecule has 2 aromatic rings. The summed E-state index contributed by atoms with van der Waals surface area (Å²) in [5.41, 5.74) is -0.00749. The molecule has 118 valence electrons. The molecular formula is C15H13N3O5. The third-order valence-corrected chi connectivity index (χ3v) is 2.87. The average molecular weight is 315 g/mol. The maximum atomic E-state index is 11.1. The second kappa shape index (κ2) is 7.03. The van der Waals surface area contributed by atoms with Gasteiger partial charge in [0.05, 0.1) is 15.9 Å². The number of nitrogens with zero attached hydrogens (tertiary/aromatic N) is 2. The number of nitro groups is 2. The fourth-order valence-electron chi connectivity index (χ4n) is 1.86. The third kappa shape index (κ3) is 4.03. The molecule has 0 radical (unpaired) electrons. The van der Waals surface area contributed by atoms with Crippen molar-refractivity contribution in [1.82, 2.24) is 0 Å². The van der Waals surface area contributed by atoms with Gasteiger partial charge in [-0.1, -0.05) is 18.7 Å². The lowest BCUT2D eigenvalue weighted by Crippen LogP contribution is -1.99. The quantitative estimate of drug-likeness (QED) is 0.473. The van der Waals surface area contributed by atoms with Crippen LogP contribution < -0.4 is 10.1 Å². The van der Waals surface area contributed by atoms with E-state index in [2.05, 4.69) is 11.9 Å². The molecule has 0 aliphatic heterocycles. The van der Waals surface area contributed by atoms with Crippen LogP contribution in [0.15, 0.2) is 55.1 Å². The van der Waals surface area contributed by atoms with E-state index in [0.29, 0.717) is 18.0 Å². The molecule has 0 saturated heterocycles. The largest absolute Gasteiger partial charge is 0.489 e. The normalized spacial score (nSPS) is 9.91. The number of nitrogens with one attached hydrogen (secondary N) is 1. The Hall–Kier alpha value is -3.42. The predicted octanol–water partition coefficient (Wildman–Crippen LogP) is 3.81. The first-order valence-corrected chi connectivity index (χ1v) is 6.55. The van der Waals surface area contributed by atoms with Crippen LogP contribution in [0.25, 0.3) is 0 Å². The minimum Gasteiger partial charge on any atom is -0.489 e. The van der Waals surface area contributed by atoms with Gasteiger partial charge >= 0.3 is 0 Å². The van der Waals surface area contributed by atoms with Crippen molar-refractivity contribution in [3.8, 4) is 5.75 Å². The topological polar surface area (TPSA) is 108 Å². The van der Waals surface area contributed by atoms with Gasteiger partial charge in [0.15, 0.2) is 0 Å². The molecule has 0 aliphatic carbocycles. The van der Waals surface area contributed by atoms with Gasteiger partial charge in [-0.3, -0.25) is 20.2 Å². The summed E-state index contributed by atoms with van der Waals surface area (Å²) in [5, 5.41) is 24.7. The zero-order valence-electron chi connectivity index (χ0n) is 12.0. The Labute approximate surface area is 131 Å². The number of hydrogen-bond acceptors (Lipinski definition) is 6. The average Bonchev–Trinajstić information content (AvgIpc) is 2.53. The molecule has 0 heterocycles. The molecule has 0 spiro atoms. The minimum absolute atomic E-state index is 0.154. The fraction of sp³-hybridized carbons (Fsp3) is 0.0667.